The maximum atomic E-state index is 8.88. The monoisotopic (exact) mass is 302 g/mol. The van der Waals surface area contributed by atoms with E-state index in [1.165, 1.54) is 31.2 Å². The number of aliphatic hydroxyl groups excluding tert-OH is 1. The SMILES string of the molecule is C=CCCCCCCN(CC#N)Cc1ccccc1.CCO. The molecule has 0 aromatic heterocycles. The third-order valence-corrected chi connectivity index (χ3v) is 3.18. The van der Waals surface area contributed by atoms with Crippen LogP contribution in [0.3, 0.4) is 0 Å². The van der Waals surface area contributed by atoms with E-state index in [1.54, 1.807) is 6.92 Å². The van der Waals surface area contributed by atoms with Crippen molar-refractivity contribution in [1.82, 2.24) is 4.90 Å². The number of allylic oxidation sites excluding steroid dienone is 1. The lowest BCUT2D eigenvalue weighted by molar-refractivity contribution is 0.289. The number of unbranched alkanes of at least 4 members (excludes halogenated alkanes) is 4. The van der Waals surface area contributed by atoms with Crippen LogP contribution in [-0.4, -0.2) is 29.7 Å². The summed E-state index contributed by atoms with van der Waals surface area (Å²) < 4.78 is 0. The van der Waals surface area contributed by atoms with Gasteiger partial charge in [0.25, 0.3) is 0 Å². The first-order valence-corrected chi connectivity index (χ1v) is 8.13. The molecule has 1 rings (SSSR count). The molecule has 0 unspecified atom stereocenters. The van der Waals surface area contributed by atoms with E-state index >= 15 is 0 Å². The summed E-state index contributed by atoms with van der Waals surface area (Å²) in [5.74, 6) is 0. The molecule has 1 aromatic rings. The molecule has 0 bridgehead atoms. The number of hydrogen-bond donors (Lipinski definition) is 1. The predicted molar refractivity (Wildman–Crippen MR) is 93.4 cm³/mol. The molecule has 3 nitrogen and oxygen atoms in total. The lowest BCUT2D eigenvalue weighted by Crippen LogP contribution is -2.24. The maximum absolute atomic E-state index is 8.88. The minimum absolute atomic E-state index is 0.250. The zero-order valence-electron chi connectivity index (χ0n) is 13.9. The van der Waals surface area contributed by atoms with Gasteiger partial charge in [0, 0.05) is 13.2 Å². The lowest BCUT2D eigenvalue weighted by Gasteiger charge is -2.19. The summed E-state index contributed by atoms with van der Waals surface area (Å²) in [4.78, 5) is 2.23. The number of rotatable bonds is 10. The topological polar surface area (TPSA) is 47.3 Å². The van der Waals surface area contributed by atoms with Crippen molar-refractivity contribution in [3.05, 3.63) is 48.6 Å². The van der Waals surface area contributed by atoms with Gasteiger partial charge >= 0.3 is 0 Å². The van der Waals surface area contributed by atoms with Crippen molar-refractivity contribution in [2.45, 2.75) is 45.6 Å². The minimum atomic E-state index is 0.250. The second-order valence-corrected chi connectivity index (χ2v) is 5.16. The van der Waals surface area contributed by atoms with Gasteiger partial charge in [-0.1, -0.05) is 49.2 Å². The lowest BCUT2D eigenvalue weighted by atomic mass is 10.1. The van der Waals surface area contributed by atoms with Crippen LogP contribution in [0.5, 0.6) is 0 Å². The van der Waals surface area contributed by atoms with Crippen molar-refractivity contribution < 1.29 is 5.11 Å². The fraction of sp³-hybridized carbons (Fsp3) is 0.526. The Labute approximate surface area is 135 Å². The first kappa shape index (κ1) is 20.4. The molecule has 0 aliphatic rings. The van der Waals surface area contributed by atoms with Gasteiger partial charge in [0.1, 0.15) is 0 Å². The zero-order valence-corrected chi connectivity index (χ0v) is 13.9. The van der Waals surface area contributed by atoms with E-state index in [9.17, 15) is 0 Å². The van der Waals surface area contributed by atoms with E-state index in [-0.39, 0.29) is 6.61 Å². The molecule has 0 fully saturated rings. The molecule has 0 atom stereocenters. The summed E-state index contributed by atoms with van der Waals surface area (Å²) in [5.41, 5.74) is 1.28. The van der Waals surface area contributed by atoms with E-state index in [4.69, 9.17) is 10.4 Å². The van der Waals surface area contributed by atoms with Crippen LogP contribution >= 0.6 is 0 Å². The Hall–Kier alpha value is -1.63. The van der Waals surface area contributed by atoms with Crippen molar-refractivity contribution in [3.8, 4) is 6.07 Å². The van der Waals surface area contributed by atoms with Crippen LogP contribution < -0.4 is 0 Å². The van der Waals surface area contributed by atoms with Crippen LogP contribution in [-0.2, 0) is 6.54 Å². The molecule has 1 N–H and O–H groups in total. The van der Waals surface area contributed by atoms with Gasteiger partial charge in [-0.3, -0.25) is 4.90 Å². The van der Waals surface area contributed by atoms with E-state index < -0.39 is 0 Å². The smallest absolute Gasteiger partial charge is 0.0868 e. The van der Waals surface area contributed by atoms with E-state index in [2.05, 4.69) is 41.8 Å². The highest BCUT2D eigenvalue weighted by Gasteiger charge is 2.04. The highest BCUT2D eigenvalue weighted by atomic mass is 16.2. The molecular formula is C19H30N2O. The van der Waals surface area contributed by atoms with Gasteiger partial charge in [-0.05, 0) is 38.3 Å². The third kappa shape index (κ3) is 12.1. The Morgan fingerprint density at radius 3 is 2.41 bits per heavy atom. The second kappa shape index (κ2) is 15.8. The predicted octanol–water partition coefficient (Wildman–Crippen LogP) is 4.15. The summed E-state index contributed by atoms with van der Waals surface area (Å²) in [6.07, 6.45) is 8.01. The van der Waals surface area contributed by atoms with Gasteiger partial charge in [-0.15, -0.1) is 6.58 Å². The average Bonchev–Trinajstić information content (AvgIpc) is 2.52. The molecule has 0 heterocycles. The number of benzene rings is 1. The molecular weight excluding hydrogens is 272 g/mol. The summed E-state index contributed by atoms with van der Waals surface area (Å²) in [7, 11) is 0. The molecule has 22 heavy (non-hydrogen) atoms. The highest BCUT2D eigenvalue weighted by Crippen LogP contribution is 2.08. The quantitative estimate of drug-likeness (QED) is 0.401. The van der Waals surface area contributed by atoms with Crippen LogP contribution in [0, 0.1) is 11.3 Å². The summed E-state index contributed by atoms with van der Waals surface area (Å²) in [6, 6.07) is 12.6. The molecule has 3 heteroatoms. The summed E-state index contributed by atoms with van der Waals surface area (Å²) >= 11 is 0. The van der Waals surface area contributed by atoms with Gasteiger partial charge in [0.05, 0.1) is 12.6 Å². The Morgan fingerprint density at radius 2 is 1.82 bits per heavy atom. The molecule has 122 valence electrons. The standard InChI is InChI=1S/C17H24N2.C2H6O/c1-2-3-4-5-6-10-14-19(15-13-18)16-17-11-8-7-9-12-17;1-2-3/h2,7-9,11-12H,1,3-6,10,14-16H2;3H,2H2,1H3. The highest BCUT2D eigenvalue weighted by molar-refractivity contribution is 5.14. The van der Waals surface area contributed by atoms with Crippen molar-refractivity contribution in [3.63, 3.8) is 0 Å². The van der Waals surface area contributed by atoms with Gasteiger partial charge in [0.2, 0.25) is 0 Å². The molecule has 0 radical (unpaired) electrons. The number of aliphatic hydroxyl groups is 1. The fourth-order valence-corrected chi connectivity index (χ4v) is 2.13. The Morgan fingerprint density at radius 1 is 1.18 bits per heavy atom. The first-order valence-electron chi connectivity index (χ1n) is 8.13. The van der Waals surface area contributed by atoms with E-state index in [0.717, 1.165) is 19.5 Å². The zero-order chi connectivity index (χ0) is 16.5. The summed E-state index contributed by atoms with van der Waals surface area (Å²) in [5, 5.41) is 16.5. The first-order chi connectivity index (χ1) is 10.8. The van der Waals surface area contributed by atoms with Gasteiger partial charge in [-0.25, -0.2) is 0 Å². The maximum Gasteiger partial charge on any atom is 0.0868 e. The molecule has 0 amide bonds. The van der Waals surface area contributed by atoms with Crippen molar-refractivity contribution in [1.29, 1.82) is 5.26 Å². The Balaban J connectivity index is 0.00000135. The van der Waals surface area contributed by atoms with Crippen LogP contribution in [0.4, 0.5) is 0 Å². The van der Waals surface area contributed by atoms with Gasteiger partial charge in [0.15, 0.2) is 0 Å². The Kier molecular flexibility index (Phi) is 14.6. The molecule has 0 aliphatic heterocycles. The van der Waals surface area contributed by atoms with Crippen molar-refractivity contribution >= 4 is 0 Å². The number of nitriles is 1. The number of hydrogen-bond acceptors (Lipinski definition) is 3. The normalized spacial score (nSPS) is 9.73. The molecule has 0 aliphatic carbocycles. The van der Waals surface area contributed by atoms with E-state index in [0.29, 0.717) is 6.54 Å². The van der Waals surface area contributed by atoms with Crippen LogP contribution in [0.25, 0.3) is 0 Å². The van der Waals surface area contributed by atoms with E-state index in [1.807, 2.05) is 12.1 Å². The van der Waals surface area contributed by atoms with Gasteiger partial charge < -0.3 is 5.11 Å². The van der Waals surface area contributed by atoms with Crippen molar-refractivity contribution in [2.75, 3.05) is 19.7 Å². The molecule has 1 aromatic carbocycles. The molecule has 0 spiro atoms. The minimum Gasteiger partial charge on any atom is -0.397 e. The second-order valence-electron chi connectivity index (χ2n) is 5.16. The van der Waals surface area contributed by atoms with Gasteiger partial charge in [-0.2, -0.15) is 5.26 Å². The van der Waals surface area contributed by atoms with Crippen LogP contribution in [0.2, 0.25) is 0 Å². The van der Waals surface area contributed by atoms with Crippen molar-refractivity contribution in [2.24, 2.45) is 0 Å². The molecule has 0 saturated heterocycles. The molecule has 0 saturated carbocycles. The average molecular weight is 302 g/mol. The summed E-state index contributed by atoms with van der Waals surface area (Å²) in [6.45, 7) is 8.07. The van der Waals surface area contributed by atoms with Crippen LogP contribution in [0.15, 0.2) is 43.0 Å². The third-order valence-electron chi connectivity index (χ3n) is 3.18. The number of nitrogens with zero attached hydrogens (tertiary/aromatic N) is 2. The fourth-order valence-electron chi connectivity index (χ4n) is 2.13. The largest absolute Gasteiger partial charge is 0.397 e. The van der Waals surface area contributed by atoms with Crippen LogP contribution in [0.1, 0.15) is 44.6 Å². The Bertz CT molecular complexity index is 398.